The van der Waals surface area contributed by atoms with E-state index in [1.54, 1.807) is 7.11 Å². The molecule has 0 aliphatic heterocycles. The number of hydrogen-bond acceptors (Lipinski definition) is 3. The Bertz CT molecular complexity index is 381. The lowest BCUT2D eigenvalue weighted by atomic mass is 10.2. The van der Waals surface area contributed by atoms with Crippen LogP contribution in [0.15, 0.2) is 22.7 Å². The van der Waals surface area contributed by atoms with Crippen LogP contribution in [0.25, 0.3) is 0 Å². The molecule has 5 heteroatoms. The molecule has 0 radical (unpaired) electrons. The van der Waals surface area contributed by atoms with Crippen LogP contribution in [-0.4, -0.2) is 24.2 Å². The molecule has 0 spiro atoms. The molecule has 0 amide bonds. The molecule has 16 heavy (non-hydrogen) atoms. The number of benzene rings is 1. The van der Waals surface area contributed by atoms with Gasteiger partial charge in [-0.05, 0) is 41.1 Å². The molecule has 0 heterocycles. The van der Waals surface area contributed by atoms with Crippen molar-refractivity contribution >= 4 is 27.6 Å². The number of halogens is 1. The minimum atomic E-state index is -0.812. The molecule has 0 fully saturated rings. The van der Waals surface area contributed by atoms with Gasteiger partial charge in [-0.3, -0.25) is 4.79 Å². The zero-order chi connectivity index (χ0) is 12.1. The molecule has 0 aliphatic rings. The molecule has 1 aromatic carbocycles. The van der Waals surface area contributed by atoms with Gasteiger partial charge in [0.25, 0.3) is 0 Å². The molecule has 1 rings (SSSR count). The summed E-state index contributed by atoms with van der Waals surface area (Å²) in [5.74, 6) is -0.0657. The van der Waals surface area contributed by atoms with Gasteiger partial charge in [0.1, 0.15) is 5.75 Å². The van der Waals surface area contributed by atoms with E-state index >= 15 is 0 Å². The molecular weight excluding hydrogens is 274 g/mol. The molecule has 0 bridgehead atoms. The summed E-state index contributed by atoms with van der Waals surface area (Å²) in [5.41, 5.74) is 0.862. The summed E-state index contributed by atoms with van der Waals surface area (Å²) < 4.78 is 5.94. The Morgan fingerprint density at radius 1 is 1.62 bits per heavy atom. The first-order chi connectivity index (χ1) is 7.52. The Balaban J connectivity index is 2.67. The second-order valence-electron chi connectivity index (χ2n) is 3.49. The van der Waals surface area contributed by atoms with Crippen molar-refractivity contribution in [2.24, 2.45) is 0 Å². The van der Waals surface area contributed by atoms with Crippen LogP contribution < -0.4 is 10.1 Å². The van der Waals surface area contributed by atoms with Crippen molar-refractivity contribution in [1.29, 1.82) is 0 Å². The monoisotopic (exact) mass is 287 g/mol. The number of carboxylic acid groups (broad SMARTS) is 1. The summed E-state index contributed by atoms with van der Waals surface area (Å²) in [5, 5.41) is 11.7. The average molecular weight is 288 g/mol. The Labute approximate surface area is 103 Å². The molecule has 0 saturated carbocycles. The van der Waals surface area contributed by atoms with Gasteiger partial charge in [-0.2, -0.15) is 0 Å². The quantitative estimate of drug-likeness (QED) is 0.874. The molecular formula is C11H14BrNO3. The summed E-state index contributed by atoms with van der Waals surface area (Å²) in [6.07, 6.45) is 0.0870. The number of methoxy groups -OCH3 is 1. The lowest BCUT2D eigenvalue weighted by Crippen LogP contribution is -2.19. The van der Waals surface area contributed by atoms with Gasteiger partial charge in [-0.25, -0.2) is 0 Å². The lowest BCUT2D eigenvalue weighted by Gasteiger charge is -2.14. The van der Waals surface area contributed by atoms with Gasteiger partial charge in [0.2, 0.25) is 0 Å². The Morgan fingerprint density at radius 3 is 2.81 bits per heavy atom. The van der Waals surface area contributed by atoms with Crippen molar-refractivity contribution < 1.29 is 14.6 Å². The third kappa shape index (κ3) is 3.73. The molecule has 88 valence electrons. The van der Waals surface area contributed by atoms with Gasteiger partial charge >= 0.3 is 5.97 Å². The first-order valence-corrected chi connectivity index (χ1v) is 5.64. The summed E-state index contributed by atoms with van der Waals surface area (Å²) in [7, 11) is 1.60. The summed E-state index contributed by atoms with van der Waals surface area (Å²) in [6, 6.07) is 5.41. The maximum atomic E-state index is 10.5. The zero-order valence-corrected chi connectivity index (χ0v) is 10.7. The van der Waals surface area contributed by atoms with E-state index in [4.69, 9.17) is 9.84 Å². The van der Waals surface area contributed by atoms with Crippen LogP contribution in [-0.2, 0) is 4.79 Å². The smallest absolute Gasteiger partial charge is 0.305 e. The van der Waals surface area contributed by atoms with Crippen LogP contribution in [0.3, 0.4) is 0 Å². The van der Waals surface area contributed by atoms with E-state index in [2.05, 4.69) is 21.2 Å². The van der Waals surface area contributed by atoms with Gasteiger partial charge in [-0.1, -0.05) is 0 Å². The van der Waals surface area contributed by atoms with E-state index in [0.717, 1.165) is 15.9 Å². The highest BCUT2D eigenvalue weighted by Gasteiger charge is 2.08. The minimum absolute atomic E-state index is 0.0870. The van der Waals surface area contributed by atoms with Crippen molar-refractivity contribution in [2.45, 2.75) is 19.4 Å². The summed E-state index contributed by atoms with van der Waals surface area (Å²) in [6.45, 7) is 1.83. The number of rotatable bonds is 5. The number of hydrogen-bond donors (Lipinski definition) is 2. The van der Waals surface area contributed by atoms with Gasteiger partial charge in [-0.15, -0.1) is 0 Å². The lowest BCUT2D eigenvalue weighted by molar-refractivity contribution is -0.137. The van der Waals surface area contributed by atoms with Gasteiger partial charge in [0.05, 0.1) is 18.0 Å². The third-order valence-corrected chi connectivity index (χ3v) is 2.67. The zero-order valence-electron chi connectivity index (χ0n) is 9.16. The topological polar surface area (TPSA) is 58.6 Å². The van der Waals surface area contributed by atoms with Gasteiger partial charge in [0, 0.05) is 11.7 Å². The molecule has 0 saturated heterocycles. The van der Waals surface area contributed by atoms with Crippen molar-refractivity contribution in [1.82, 2.24) is 0 Å². The van der Waals surface area contributed by atoms with Crippen molar-refractivity contribution in [3.8, 4) is 5.75 Å². The largest absolute Gasteiger partial charge is 0.496 e. The third-order valence-electron chi connectivity index (χ3n) is 2.05. The van der Waals surface area contributed by atoms with Crippen LogP contribution in [0.4, 0.5) is 5.69 Å². The number of nitrogens with one attached hydrogen (secondary N) is 1. The van der Waals surface area contributed by atoms with Crippen molar-refractivity contribution in [2.75, 3.05) is 12.4 Å². The number of aliphatic carboxylic acids is 1. The van der Waals surface area contributed by atoms with E-state index in [1.807, 2.05) is 25.1 Å². The Hall–Kier alpha value is -1.23. The van der Waals surface area contributed by atoms with Crippen LogP contribution in [0.1, 0.15) is 13.3 Å². The Kier molecular flexibility index (Phi) is 4.61. The van der Waals surface area contributed by atoms with E-state index in [9.17, 15) is 4.79 Å². The number of ether oxygens (including phenoxy) is 1. The predicted octanol–water partition coefficient (Wildman–Crippen LogP) is 2.73. The standard InChI is InChI=1S/C11H14BrNO3/c1-7(5-11(14)15)13-8-3-4-10(16-2)9(12)6-8/h3-4,6-7,13H,5H2,1-2H3,(H,14,15). The van der Waals surface area contributed by atoms with Crippen LogP contribution in [0.5, 0.6) is 5.75 Å². The second kappa shape index (κ2) is 5.75. The van der Waals surface area contributed by atoms with E-state index in [1.165, 1.54) is 0 Å². The molecule has 4 nitrogen and oxygen atoms in total. The average Bonchev–Trinajstić information content (AvgIpc) is 2.16. The number of anilines is 1. The minimum Gasteiger partial charge on any atom is -0.496 e. The predicted molar refractivity (Wildman–Crippen MR) is 66.0 cm³/mol. The highest BCUT2D eigenvalue weighted by atomic mass is 79.9. The summed E-state index contributed by atoms with van der Waals surface area (Å²) >= 11 is 3.37. The fourth-order valence-corrected chi connectivity index (χ4v) is 1.89. The first kappa shape index (κ1) is 12.8. The van der Waals surface area contributed by atoms with E-state index < -0.39 is 5.97 Å². The molecule has 1 unspecified atom stereocenters. The highest BCUT2D eigenvalue weighted by molar-refractivity contribution is 9.10. The summed E-state index contributed by atoms with van der Waals surface area (Å²) in [4.78, 5) is 10.5. The van der Waals surface area contributed by atoms with Crippen molar-refractivity contribution in [3.63, 3.8) is 0 Å². The maximum absolute atomic E-state index is 10.5. The van der Waals surface area contributed by atoms with Crippen LogP contribution >= 0.6 is 15.9 Å². The maximum Gasteiger partial charge on any atom is 0.305 e. The molecule has 1 atom stereocenters. The SMILES string of the molecule is COc1ccc(NC(C)CC(=O)O)cc1Br. The second-order valence-corrected chi connectivity index (χ2v) is 4.35. The van der Waals surface area contributed by atoms with E-state index in [0.29, 0.717) is 0 Å². The van der Waals surface area contributed by atoms with Gasteiger partial charge in [0.15, 0.2) is 0 Å². The number of carboxylic acids is 1. The fraction of sp³-hybridized carbons (Fsp3) is 0.364. The molecule has 0 aliphatic carbocycles. The highest BCUT2D eigenvalue weighted by Crippen LogP contribution is 2.28. The first-order valence-electron chi connectivity index (χ1n) is 4.84. The Morgan fingerprint density at radius 2 is 2.31 bits per heavy atom. The van der Waals surface area contributed by atoms with Crippen LogP contribution in [0, 0.1) is 0 Å². The van der Waals surface area contributed by atoms with Crippen molar-refractivity contribution in [3.05, 3.63) is 22.7 Å². The van der Waals surface area contributed by atoms with Gasteiger partial charge < -0.3 is 15.2 Å². The number of carbonyl (C=O) groups is 1. The fourth-order valence-electron chi connectivity index (χ4n) is 1.35. The molecule has 0 aromatic heterocycles. The normalized spacial score (nSPS) is 11.9. The molecule has 1 aromatic rings. The molecule has 2 N–H and O–H groups in total. The van der Waals surface area contributed by atoms with E-state index in [-0.39, 0.29) is 12.5 Å². The van der Waals surface area contributed by atoms with Crippen LogP contribution in [0.2, 0.25) is 0 Å².